The van der Waals surface area contributed by atoms with Crippen LogP contribution < -0.4 is 4.74 Å². The van der Waals surface area contributed by atoms with Gasteiger partial charge < -0.3 is 4.74 Å². The summed E-state index contributed by atoms with van der Waals surface area (Å²) >= 11 is 0. The van der Waals surface area contributed by atoms with E-state index in [0.717, 1.165) is 6.42 Å². The molecule has 1 aromatic rings. The van der Waals surface area contributed by atoms with E-state index in [1.165, 1.54) is 82.3 Å². The molecule has 0 bridgehead atoms. The number of unbranched alkanes of at least 4 members (excludes halogenated alkanes) is 9. The van der Waals surface area contributed by atoms with Gasteiger partial charge in [0.15, 0.2) is 0 Å². The highest BCUT2D eigenvalue weighted by Crippen LogP contribution is 2.16. The summed E-state index contributed by atoms with van der Waals surface area (Å²) in [6.07, 6.45) is 21.2. The standard InChI is InChI=1S/C24H36O2/c1-3-5-6-7-8-9-10-11-12-13-14-15-16-18-22-19-17-20-23(21-22)26-24(25)4-2/h4,9-10,17,19-21H,2-3,5-8,11-16,18H2,1H3/b10-9-. The number of ether oxygens (including phenoxy) is 1. The third-order valence-electron chi connectivity index (χ3n) is 4.51. The summed E-state index contributed by atoms with van der Waals surface area (Å²) in [4.78, 5) is 11.2. The maximum atomic E-state index is 11.2. The van der Waals surface area contributed by atoms with Crippen molar-refractivity contribution < 1.29 is 9.53 Å². The van der Waals surface area contributed by atoms with Crippen LogP contribution in [-0.2, 0) is 11.2 Å². The van der Waals surface area contributed by atoms with Crippen molar-refractivity contribution in [2.45, 2.75) is 84.0 Å². The molecule has 2 heteroatoms. The first-order chi connectivity index (χ1) is 12.8. The van der Waals surface area contributed by atoms with Crippen LogP contribution in [0.1, 0.15) is 83.1 Å². The van der Waals surface area contributed by atoms with Gasteiger partial charge in [0.1, 0.15) is 5.75 Å². The van der Waals surface area contributed by atoms with Gasteiger partial charge in [-0.1, -0.05) is 76.3 Å². The molecule has 0 aliphatic heterocycles. The molecule has 0 atom stereocenters. The van der Waals surface area contributed by atoms with Gasteiger partial charge in [-0.25, -0.2) is 4.79 Å². The molecule has 26 heavy (non-hydrogen) atoms. The smallest absolute Gasteiger partial charge is 0.335 e. The van der Waals surface area contributed by atoms with Crippen molar-refractivity contribution in [2.75, 3.05) is 0 Å². The van der Waals surface area contributed by atoms with E-state index < -0.39 is 5.97 Å². The van der Waals surface area contributed by atoms with Crippen LogP contribution in [0, 0.1) is 0 Å². The fraction of sp³-hybridized carbons (Fsp3) is 0.542. The maximum absolute atomic E-state index is 11.2. The first kappa shape index (κ1) is 22.2. The van der Waals surface area contributed by atoms with Gasteiger partial charge in [0.25, 0.3) is 0 Å². The molecule has 0 amide bonds. The molecule has 0 unspecified atom stereocenters. The highest BCUT2D eigenvalue weighted by molar-refractivity contribution is 5.83. The largest absolute Gasteiger partial charge is 0.423 e. The number of esters is 1. The minimum atomic E-state index is -0.405. The van der Waals surface area contributed by atoms with E-state index in [9.17, 15) is 4.79 Å². The number of carbonyl (C=O) groups is 1. The molecule has 0 radical (unpaired) electrons. The zero-order valence-corrected chi connectivity index (χ0v) is 16.6. The first-order valence-corrected chi connectivity index (χ1v) is 10.3. The highest BCUT2D eigenvalue weighted by atomic mass is 16.5. The second kappa shape index (κ2) is 15.4. The van der Waals surface area contributed by atoms with Crippen LogP contribution >= 0.6 is 0 Å². The normalized spacial score (nSPS) is 11.0. The Balaban J connectivity index is 2.02. The zero-order chi connectivity index (χ0) is 18.9. The van der Waals surface area contributed by atoms with Gasteiger partial charge in [0.05, 0.1) is 0 Å². The van der Waals surface area contributed by atoms with Crippen LogP contribution in [0.15, 0.2) is 49.1 Å². The van der Waals surface area contributed by atoms with Gasteiger partial charge >= 0.3 is 5.97 Å². The molecule has 0 fully saturated rings. The van der Waals surface area contributed by atoms with Gasteiger partial charge in [-0.05, 0) is 56.2 Å². The lowest BCUT2D eigenvalue weighted by Crippen LogP contribution is -2.03. The number of aryl methyl sites for hydroxylation is 1. The summed E-state index contributed by atoms with van der Waals surface area (Å²) < 4.78 is 5.16. The predicted molar refractivity (Wildman–Crippen MR) is 112 cm³/mol. The second-order valence-corrected chi connectivity index (χ2v) is 6.90. The molecule has 1 rings (SSSR count). The van der Waals surface area contributed by atoms with E-state index in [0.29, 0.717) is 5.75 Å². The zero-order valence-electron chi connectivity index (χ0n) is 16.6. The van der Waals surface area contributed by atoms with Crippen molar-refractivity contribution in [3.05, 3.63) is 54.6 Å². The molecule has 0 aliphatic carbocycles. The van der Waals surface area contributed by atoms with Crippen LogP contribution in [-0.4, -0.2) is 5.97 Å². The van der Waals surface area contributed by atoms with Crippen LogP contribution in [0.25, 0.3) is 0 Å². The van der Waals surface area contributed by atoms with Crippen molar-refractivity contribution in [1.29, 1.82) is 0 Å². The summed E-state index contributed by atoms with van der Waals surface area (Å²) in [7, 11) is 0. The molecular formula is C24H36O2. The highest BCUT2D eigenvalue weighted by Gasteiger charge is 2.01. The summed E-state index contributed by atoms with van der Waals surface area (Å²) in [5.74, 6) is 0.200. The Morgan fingerprint density at radius 3 is 2.31 bits per heavy atom. The van der Waals surface area contributed by atoms with Crippen LogP contribution in [0.3, 0.4) is 0 Å². The topological polar surface area (TPSA) is 26.3 Å². The predicted octanol–water partition coefficient (Wildman–Crippen LogP) is 7.19. The second-order valence-electron chi connectivity index (χ2n) is 6.90. The maximum Gasteiger partial charge on any atom is 0.335 e. The summed E-state index contributed by atoms with van der Waals surface area (Å²) in [5.41, 5.74) is 1.23. The van der Waals surface area contributed by atoms with E-state index in [-0.39, 0.29) is 0 Å². The molecule has 0 saturated carbocycles. The van der Waals surface area contributed by atoms with Crippen LogP contribution in [0.2, 0.25) is 0 Å². The molecule has 0 aliphatic rings. The van der Waals surface area contributed by atoms with E-state index in [1.54, 1.807) is 0 Å². The number of allylic oxidation sites excluding steroid dienone is 2. The Kier molecular flexibility index (Phi) is 13.2. The fourth-order valence-electron chi connectivity index (χ4n) is 2.97. The Bertz CT molecular complexity index is 531. The van der Waals surface area contributed by atoms with E-state index in [4.69, 9.17) is 4.74 Å². The van der Waals surface area contributed by atoms with Gasteiger partial charge in [-0.2, -0.15) is 0 Å². The van der Waals surface area contributed by atoms with Crippen LogP contribution in [0.4, 0.5) is 0 Å². The fourth-order valence-corrected chi connectivity index (χ4v) is 2.97. The molecule has 0 spiro atoms. The summed E-state index contributed by atoms with van der Waals surface area (Å²) in [6, 6.07) is 7.79. The summed E-state index contributed by atoms with van der Waals surface area (Å²) in [5, 5.41) is 0. The van der Waals surface area contributed by atoms with Gasteiger partial charge in [-0.3, -0.25) is 0 Å². The Labute approximate surface area is 160 Å². The van der Waals surface area contributed by atoms with E-state index >= 15 is 0 Å². The minimum Gasteiger partial charge on any atom is -0.423 e. The lowest BCUT2D eigenvalue weighted by molar-refractivity contribution is -0.128. The number of benzene rings is 1. The molecule has 0 saturated heterocycles. The van der Waals surface area contributed by atoms with Gasteiger partial charge in [-0.15, -0.1) is 0 Å². The van der Waals surface area contributed by atoms with E-state index in [1.807, 2.05) is 18.2 Å². The number of hydrogen-bond donors (Lipinski definition) is 0. The first-order valence-electron chi connectivity index (χ1n) is 10.3. The quantitative estimate of drug-likeness (QED) is 0.109. The van der Waals surface area contributed by atoms with Crippen molar-refractivity contribution in [1.82, 2.24) is 0 Å². The SMILES string of the molecule is C=CC(=O)Oc1cccc(CCCCCCC/C=C\CCCCCC)c1. The Morgan fingerprint density at radius 1 is 0.962 bits per heavy atom. The van der Waals surface area contributed by atoms with Gasteiger partial charge in [0, 0.05) is 6.08 Å². The number of rotatable bonds is 15. The third-order valence-corrected chi connectivity index (χ3v) is 4.51. The van der Waals surface area contributed by atoms with E-state index in [2.05, 4.69) is 31.7 Å². The Hall–Kier alpha value is -1.83. The molecule has 1 aromatic carbocycles. The summed E-state index contributed by atoms with van der Waals surface area (Å²) in [6.45, 7) is 5.67. The molecule has 2 nitrogen and oxygen atoms in total. The number of hydrogen-bond acceptors (Lipinski definition) is 2. The lowest BCUT2D eigenvalue weighted by Gasteiger charge is -2.05. The Morgan fingerprint density at radius 2 is 1.62 bits per heavy atom. The average molecular weight is 357 g/mol. The van der Waals surface area contributed by atoms with Crippen molar-refractivity contribution >= 4 is 5.97 Å². The average Bonchev–Trinajstić information content (AvgIpc) is 2.65. The number of carbonyl (C=O) groups excluding carboxylic acids is 1. The molecule has 0 aromatic heterocycles. The van der Waals surface area contributed by atoms with Crippen LogP contribution in [0.5, 0.6) is 5.75 Å². The van der Waals surface area contributed by atoms with Crippen molar-refractivity contribution in [3.63, 3.8) is 0 Å². The molecule has 0 heterocycles. The van der Waals surface area contributed by atoms with Gasteiger partial charge in [0.2, 0.25) is 0 Å². The third kappa shape index (κ3) is 11.7. The molecule has 144 valence electrons. The van der Waals surface area contributed by atoms with Crippen molar-refractivity contribution in [3.8, 4) is 5.75 Å². The lowest BCUT2D eigenvalue weighted by atomic mass is 10.0. The molecular weight excluding hydrogens is 320 g/mol. The molecule has 0 N–H and O–H groups in total. The minimum absolute atomic E-state index is 0.405. The van der Waals surface area contributed by atoms with Crippen molar-refractivity contribution in [2.24, 2.45) is 0 Å². The monoisotopic (exact) mass is 356 g/mol.